The first-order chi connectivity index (χ1) is 7.25. The lowest BCUT2D eigenvalue weighted by molar-refractivity contribution is 0.590. The molecule has 1 aromatic rings. The molecule has 1 atom stereocenters. The van der Waals surface area contributed by atoms with Crippen molar-refractivity contribution in [2.45, 2.75) is 37.6 Å². The summed E-state index contributed by atoms with van der Waals surface area (Å²) in [5.41, 5.74) is 7.91. The molecule has 0 amide bonds. The van der Waals surface area contributed by atoms with Crippen molar-refractivity contribution in [1.82, 2.24) is 0 Å². The zero-order valence-electron chi connectivity index (χ0n) is 8.75. The normalized spacial score (nSPS) is 22.8. The molecular formula is C13H16FN. The molecule has 0 spiro atoms. The first kappa shape index (κ1) is 9.34. The first-order valence-electron chi connectivity index (χ1n) is 5.80. The van der Waals surface area contributed by atoms with E-state index < -0.39 is 0 Å². The van der Waals surface area contributed by atoms with Crippen LogP contribution in [0.4, 0.5) is 4.39 Å². The molecule has 3 rings (SSSR count). The van der Waals surface area contributed by atoms with E-state index in [1.54, 1.807) is 6.07 Å². The zero-order valence-corrected chi connectivity index (χ0v) is 8.75. The molecule has 2 aliphatic rings. The van der Waals surface area contributed by atoms with Crippen LogP contribution in [0.25, 0.3) is 0 Å². The van der Waals surface area contributed by atoms with Gasteiger partial charge in [-0.05, 0) is 54.7 Å². The van der Waals surface area contributed by atoms with Gasteiger partial charge in [-0.2, -0.15) is 0 Å². The monoisotopic (exact) mass is 205 g/mol. The lowest BCUT2D eigenvalue weighted by atomic mass is 10.00. The van der Waals surface area contributed by atoms with Gasteiger partial charge in [-0.25, -0.2) is 4.39 Å². The minimum absolute atomic E-state index is 0.0488. The van der Waals surface area contributed by atoms with Crippen molar-refractivity contribution < 1.29 is 4.39 Å². The third-order valence-electron chi connectivity index (χ3n) is 3.56. The SMILES string of the molecule is N[C@@H](c1ccc(C2CC2)c(F)c1)C1CC1. The van der Waals surface area contributed by atoms with Crippen LogP contribution in [0.3, 0.4) is 0 Å². The molecule has 0 heterocycles. The molecule has 80 valence electrons. The minimum Gasteiger partial charge on any atom is -0.324 e. The predicted molar refractivity (Wildman–Crippen MR) is 58.0 cm³/mol. The number of nitrogens with two attached hydrogens (primary N) is 1. The van der Waals surface area contributed by atoms with Crippen molar-refractivity contribution in [1.29, 1.82) is 0 Å². The molecule has 15 heavy (non-hydrogen) atoms. The van der Waals surface area contributed by atoms with E-state index >= 15 is 0 Å². The summed E-state index contributed by atoms with van der Waals surface area (Å²) in [6, 6.07) is 5.65. The van der Waals surface area contributed by atoms with E-state index in [1.165, 1.54) is 12.8 Å². The van der Waals surface area contributed by atoms with Gasteiger partial charge in [0.15, 0.2) is 0 Å². The van der Waals surface area contributed by atoms with E-state index in [0.717, 1.165) is 24.0 Å². The lowest BCUT2D eigenvalue weighted by Crippen LogP contribution is -2.12. The summed E-state index contributed by atoms with van der Waals surface area (Å²) >= 11 is 0. The molecule has 0 saturated heterocycles. The molecule has 0 aliphatic heterocycles. The number of benzene rings is 1. The lowest BCUT2D eigenvalue weighted by Gasteiger charge is -2.12. The third kappa shape index (κ3) is 1.78. The highest BCUT2D eigenvalue weighted by molar-refractivity contribution is 5.31. The van der Waals surface area contributed by atoms with E-state index in [4.69, 9.17) is 5.73 Å². The quantitative estimate of drug-likeness (QED) is 0.806. The Morgan fingerprint density at radius 3 is 2.47 bits per heavy atom. The van der Waals surface area contributed by atoms with E-state index in [0.29, 0.717) is 11.8 Å². The Morgan fingerprint density at radius 1 is 1.20 bits per heavy atom. The van der Waals surface area contributed by atoms with Crippen LogP contribution < -0.4 is 5.73 Å². The zero-order chi connectivity index (χ0) is 10.4. The fourth-order valence-electron chi connectivity index (χ4n) is 2.20. The number of hydrogen-bond donors (Lipinski definition) is 1. The topological polar surface area (TPSA) is 26.0 Å². The minimum atomic E-state index is -0.0499. The first-order valence-corrected chi connectivity index (χ1v) is 5.80. The van der Waals surface area contributed by atoms with Gasteiger partial charge in [0.1, 0.15) is 5.82 Å². The molecule has 2 N–H and O–H groups in total. The summed E-state index contributed by atoms with van der Waals surface area (Å²) in [6.07, 6.45) is 4.69. The van der Waals surface area contributed by atoms with Crippen LogP contribution in [0.15, 0.2) is 18.2 Å². The number of hydrogen-bond acceptors (Lipinski definition) is 1. The molecular weight excluding hydrogens is 189 g/mol. The van der Waals surface area contributed by atoms with Gasteiger partial charge in [0.25, 0.3) is 0 Å². The van der Waals surface area contributed by atoms with E-state index in [2.05, 4.69) is 0 Å². The maximum Gasteiger partial charge on any atom is 0.127 e. The second-order valence-electron chi connectivity index (χ2n) is 4.92. The van der Waals surface area contributed by atoms with Gasteiger partial charge in [-0.3, -0.25) is 0 Å². The van der Waals surface area contributed by atoms with E-state index in [9.17, 15) is 4.39 Å². The molecule has 0 unspecified atom stereocenters. The van der Waals surface area contributed by atoms with Crippen LogP contribution in [0.5, 0.6) is 0 Å². The highest BCUT2D eigenvalue weighted by Gasteiger charge is 2.31. The molecule has 1 aromatic carbocycles. The highest BCUT2D eigenvalue weighted by Crippen LogP contribution is 2.43. The van der Waals surface area contributed by atoms with Crippen LogP contribution in [-0.4, -0.2) is 0 Å². The smallest absolute Gasteiger partial charge is 0.127 e. The Bertz CT molecular complexity index is 380. The Kier molecular flexibility index (Phi) is 2.06. The second kappa shape index (κ2) is 3.31. The summed E-state index contributed by atoms with van der Waals surface area (Å²) in [5.74, 6) is 1.03. The molecule has 0 aromatic heterocycles. The standard InChI is InChI=1S/C13H16FN/c14-12-7-10(13(15)9-3-4-9)5-6-11(12)8-1-2-8/h5-9,13H,1-4,15H2/t13-/m1/s1. The van der Waals surface area contributed by atoms with Gasteiger partial charge >= 0.3 is 0 Å². The largest absolute Gasteiger partial charge is 0.324 e. The predicted octanol–water partition coefficient (Wildman–Crippen LogP) is 3.11. The van der Waals surface area contributed by atoms with Gasteiger partial charge in [-0.15, -0.1) is 0 Å². The molecule has 2 heteroatoms. The van der Waals surface area contributed by atoms with Gasteiger partial charge < -0.3 is 5.73 Å². The van der Waals surface area contributed by atoms with E-state index in [1.807, 2.05) is 12.1 Å². The van der Waals surface area contributed by atoms with Crippen molar-refractivity contribution in [2.75, 3.05) is 0 Å². The van der Waals surface area contributed by atoms with Crippen molar-refractivity contribution in [2.24, 2.45) is 11.7 Å². The van der Waals surface area contributed by atoms with Crippen molar-refractivity contribution in [3.8, 4) is 0 Å². The Morgan fingerprint density at radius 2 is 1.93 bits per heavy atom. The summed E-state index contributed by atoms with van der Waals surface area (Å²) in [6.45, 7) is 0. The number of halogens is 1. The molecule has 2 saturated carbocycles. The van der Waals surface area contributed by atoms with Gasteiger partial charge in [0.2, 0.25) is 0 Å². The van der Waals surface area contributed by atoms with Gasteiger partial charge in [-0.1, -0.05) is 12.1 Å². The van der Waals surface area contributed by atoms with Crippen LogP contribution >= 0.6 is 0 Å². The Balaban J connectivity index is 1.86. The molecule has 0 bridgehead atoms. The summed E-state index contributed by atoms with van der Waals surface area (Å²) in [7, 11) is 0. The maximum atomic E-state index is 13.7. The molecule has 0 radical (unpaired) electrons. The van der Waals surface area contributed by atoms with Crippen LogP contribution in [-0.2, 0) is 0 Å². The Labute approximate surface area is 89.5 Å². The molecule has 1 nitrogen and oxygen atoms in total. The van der Waals surface area contributed by atoms with Crippen molar-refractivity contribution >= 4 is 0 Å². The van der Waals surface area contributed by atoms with Crippen LogP contribution in [0.2, 0.25) is 0 Å². The summed E-state index contributed by atoms with van der Waals surface area (Å²) in [4.78, 5) is 0. The summed E-state index contributed by atoms with van der Waals surface area (Å²) in [5, 5.41) is 0. The highest BCUT2D eigenvalue weighted by atomic mass is 19.1. The van der Waals surface area contributed by atoms with Crippen LogP contribution in [0, 0.1) is 11.7 Å². The summed E-state index contributed by atoms with van der Waals surface area (Å²) < 4.78 is 13.7. The van der Waals surface area contributed by atoms with Crippen LogP contribution in [0.1, 0.15) is 48.8 Å². The maximum absolute atomic E-state index is 13.7. The van der Waals surface area contributed by atoms with Gasteiger partial charge in [0, 0.05) is 6.04 Å². The second-order valence-corrected chi connectivity index (χ2v) is 4.92. The number of rotatable bonds is 3. The van der Waals surface area contributed by atoms with Crippen molar-refractivity contribution in [3.05, 3.63) is 35.1 Å². The average Bonchev–Trinajstić information content (AvgIpc) is 3.07. The third-order valence-corrected chi connectivity index (χ3v) is 3.56. The van der Waals surface area contributed by atoms with Crippen molar-refractivity contribution in [3.63, 3.8) is 0 Å². The fourth-order valence-corrected chi connectivity index (χ4v) is 2.20. The fraction of sp³-hybridized carbons (Fsp3) is 0.538. The molecule has 2 fully saturated rings. The van der Waals surface area contributed by atoms with Gasteiger partial charge in [0.05, 0.1) is 0 Å². The molecule has 2 aliphatic carbocycles. The Hall–Kier alpha value is -0.890. The average molecular weight is 205 g/mol. The van der Waals surface area contributed by atoms with E-state index in [-0.39, 0.29) is 11.9 Å².